The molecule has 0 radical (unpaired) electrons. The Kier molecular flexibility index (Phi) is 6.22. The summed E-state index contributed by atoms with van der Waals surface area (Å²) in [6.45, 7) is 5.06. The number of hydrogen-bond acceptors (Lipinski definition) is 3. The Morgan fingerprint density at radius 3 is 2.68 bits per heavy atom. The summed E-state index contributed by atoms with van der Waals surface area (Å²) in [5.41, 5.74) is 0.761. The Morgan fingerprint density at radius 2 is 2.05 bits per heavy atom. The Balaban J connectivity index is 1.81. The molecule has 0 unspecified atom stereocenters. The van der Waals surface area contributed by atoms with Gasteiger partial charge in [0.05, 0.1) is 6.61 Å². The molecule has 1 amide bonds. The van der Waals surface area contributed by atoms with E-state index in [1.54, 1.807) is 17.4 Å². The van der Waals surface area contributed by atoms with Crippen molar-refractivity contribution in [2.24, 2.45) is 5.92 Å². The number of benzene rings is 1. The number of hydrogen-bond donors (Lipinski definition) is 1. The van der Waals surface area contributed by atoms with Crippen LogP contribution in [-0.4, -0.2) is 12.5 Å². The molecular formula is C18H21NO2S. The van der Waals surface area contributed by atoms with Gasteiger partial charge in [0.1, 0.15) is 5.75 Å². The number of carbonyl (C=O) groups is 1. The minimum absolute atomic E-state index is 0.137. The van der Waals surface area contributed by atoms with E-state index in [4.69, 9.17) is 4.74 Å². The van der Waals surface area contributed by atoms with E-state index in [1.165, 1.54) is 0 Å². The van der Waals surface area contributed by atoms with E-state index < -0.39 is 0 Å². The highest BCUT2D eigenvalue weighted by Crippen LogP contribution is 2.17. The topological polar surface area (TPSA) is 38.3 Å². The Hall–Kier alpha value is -2.07. The van der Waals surface area contributed by atoms with E-state index in [2.05, 4.69) is 19.2 Å². The summed E-state index contributed by atoms with van der Waals surface area (Å²) < 4.78 is 5.65. The van der Waals surface area contributed by atoms with Crippen LogP contribution < -0.4 is 10.1 Å². The molecule has 0 fully saturated rings. The van der Waals surface area contributed by atoms with Crippen molar-refractivity contribution in [1.82, 2.24) is 0 Å². The van der Waals surface area contributed by atoms with Crippen LogP contribution >= 0.6 is 11.3 Å². The lowest BCUT2D eigenvalue weighted by Crippen LogP contribution is -2.07. The number of carbonyl (C=O) groups excluding carboxylic acids is 1. The molecule has 22 heavy (non-hydrogen) atoms. The van der Waals surface area contributed by atoms with Gasteiger partial charge in [-0.25, -0.2) is 0 Å². The second kappa shape index (κ2) is 8.39. The van der Waals surface area contributed by atoms with Crippen molar-refractivity contribution in [2.45, 2.75) is 20.3 Å². The standard InChI is InChI=1S/C18H21NO2S/c1-14(2)11-12-21-16-7-5-15(6-8-16)19-18(20)10-9-17-4-3-13-22-17/h3-10,13-14H,11-12H2,1-2H3,(H,19,20)/b10-9+. The molecule has 1 heterocycles. The first kappa shape index (κ1) is 16.3. The van der Waals surface area contributed by atoms with Crippen molar-refractivity contribution in [3.8, 4) is 5.75 Å². The maximum absolute atomic E-state index is 11.8. The Bertz CT molecular complexity index is 601. The number of ether oxygens (including phenoxy) is 1. The summed E-state index contributed by atoms with van der Waals surface area (Å²) in [4.78, 5) is 12.9. The highest BCUT2D eigenvalue weighted by atomic mass is 32.1. The van der Waals surface area contributed by atoms with E-state index in [0.29, 0.717) is 12.5 Å². The lowest BCUT2D eigenvalue weighted by Gasteiger charge is -2.09. The van der Waals surface area contributed by atoms with E-state index in [-0.39, 0.29) is 5.91 Å². The van der Waals surface area contributed by atoms with Crippen molar-refractivity contribution in [2.75, 3.05) is 11.9 Å². The van der Waals surface area contributed by atoms with Gasteiger partial charge in [-0.2, -0.15) is 0 Å². The zero-order valence-corrected chi connectivity index (χ0v) is 13.7. The van der Waals surface area contributed by atoms with Crippen LogP contribution in [0, 0.1) is 5.92 Å². The van der Waals surface area contributed by atoms with Gasteiger partial charge in [0.15, 0.2) is 0 Å². The number of rotatable bonds is 7. The summed E-state index contributed by atoms with van der Waals surface area (Å²) in [6.07, 6.45) is 4.38. The van der Waals surface area contributed by atoms with Crippen molar-refractivity contribution >= 4 is 29.0 Å². The molecule has 116 valence electrons. The summed E-state index contributed by atoms with van der Waals surface area (Å²) >= 11 is 1.60. The van der Waals surface area contributed by atoms with E-state index in [9.17, 15) is 4.79 Å². The molecule has 0 aliphatic rings. The van der Waals surface area contributed by atoms with E-state index in [0.717, 1.165) is 22.7 Å². The van der Waals surface area contributed by atoms with Crippen molar-refractivity contribution in [1.29, 1.82) is 0 Å². The molecule has 0 saturated carbocycles. The highest BCUT2D eigenvalue weighted by molar-refractivity contribution is 7.10. The molecule has 2 aromatic rings. The first-order valence-corrected chi connectivity index (χ1v) is 8.27. The van der Waals surface area contributed by atoms with Gasteiger partial charge >= 0.3 is 0 Å². The maximum Gasteiger partial charge on any atom is 0.248 e. The SMILES string of the molecule is CC(C)CCOc1ccc(NC(=O)/C=C/c2cccs2)cc1. The van der Waals surface area contributed by atoms with Gasteiger partial charge in [0.2, 0.25) is 5.91 Å². The maximum atomic E-state index is 11.8. The van der Waals surface area contributed by atoms with Crippen LogP contribution in [0.4, 0.5) is 5.69 Å². The number of amides is 1. The van der Waals surface area contributed by atoms with Gasteiger partial charge in [0.25, 0.3) is 0 Å². The fourth-order valence-electron chi connectivity index (χ4n) is 1.77. The first-order valence-electron chi connectivity index (χ1n) is 7.39. The third-order valence-corrected chi connectivity index (χ3v) is 3.87. The largest absolute Gasteiger partial charge is 0.494 e. The Morgan fingerprint density at radius 1 is 1.27 bits per heavy atom. The lowest BCUT2D eigenvalue weighted by molar-refractivity contribution is -0.111. The Labute approximate surface area is 135 Å². The summed E-state index contributed by atoms with van der Waals surface area (Å²) in [5.74, 6) is 1.32. The van der Waals surface area contributed by atoms with Crippen LogP contribution in [-0.2, 0) is 4.79 Å². The third-order valence-electron chi connectivity index (χ3n) is 3.03. The zero-order valence-electron chi connectivity index (χ0n) is 12.9. The molecule has 0 saturated heterocycles. The molecule has 0 aliphatic heterocycles. The molecule has 1 aromatic heterocycles. The second-order valence-electron chi connectivity index (χ2n) is 5.39. The fourth-order valence-corrected chi connectivity index (χ4v) is 2.39. The quantitative estimate of drug-likeness (QED) is 0.744. The van der Waals surface area contributed by atoms with Gasteiger partial charge in [-0.1, -0.05) is 19.9 Å². The molecule has 2 rings (SSSR count). The van der Waals surface area contributed by atoms with Crippen LogP contribution in [0.15, 0.2) is 47.9 Å². The van der Waals surface area contributed by atoms with Crippen LogP contribution in [0.2, 0.25) is 0 Å². The summed E-state index contributed by atoms with van der Waals surface area (Å²) in [5, 5.41) is 4.81. The molecule has 0 spiro atoms. The predicted octanol–water partition coefficient (Wildman–Crippen LogP) is 4.82. The number of thiophene rings is 1. The predicted molar refractivity (Wildman–Crippen MR) is 93.4 cm³/mol. The van der Waals surface area contributed by atoms with Crippen molar-refractivity contribution < 1.29 is 9.53 Å². The molecule has 1 aromatic carbocycles. The minimum Gasteiger partial charge on any atom is -0.494 e. The summed E-state index contributed by atoms with van der Waals surface area (Å²) in [7, 11) is 0. The third kappa shape index (κ3) is 5.74. The van der Waals surface area contributed by atoms with Crippen LogP contribution in [0.3, 0.4) is 0 Å². The average molecular weight is 315 g/mol. The van der Waals surface area contributed by atoms with Gasteiger partial charge < -0.3 is 10.1 Å². The average Bonchev–Trinajstić information content (AvgIpc) is 3.00. The highest BCUT2D eigenvalue weighted by Gasteiger charge is 2.00. The smallest absolute Gasteiger partial charge is 0.248 e. The molecule has 1 N–H and O–H groups in total. The first-order chi connectivity index (χ1) is 10.6. The molecule has 0 aliphatic carbocycles. The van der Waals surface area contributed by atoms with E-state index >= 15 is 0 Å². The summed E-state index contributed by atoms with van der Waals surface area (Å²) in [6, 6.07) is 11.4. The van der Waals surface area contributed by atoms with Crippen LogP contribution in [0.5, 0.6) is 5.75 Å². The van der Waals surface area contributed by atoms with Gasteiger partial charge in [-0.05, 0) is 54.1 Å². The fraction of sp³-hybridized carbons (Fsp3) is 0.278. The number of anilines is 1. The molecule has 4 heteroatoms. The molecule has 0 bridgehead atoms. The van der Waals surface area contributed by atoms with Crippen molar-refractivity contribution in [3.63, 3.8) is 0 Å². The molecule has 3 nitrogen and oxygen atoms in total. The lowest BCUT2D eigenvalue weighted by atomic mass is 10.1. The van der Waals surface area contributed by atoms with E-state index in [1.807, 2.05) is 47.9 Å². The second-order valence-corrected chi connectivity index (χ2v) is 6.37. The number of nitrogens with one attached hydrogen (secondary N) is 1. The zero-order chi connectivity index (χ0) is 15.8. The van der Waals surface area contributed by atoms with Gasteiger partial charge in [0, 0.05) is 16.6 Å². The van der Waals surface area contributed by atoms with Gasteiger partial charge in [-0.15, -0.1) is 11.3 Å². The minimum atomic E-state index is -0.137. The van der Waals surface area contributed by atoms with Crippen LogP contribution in [0.25, 0.3) is 6.08 Å². The van der Waals surface area contributed by atoms with Crippen LogP contribution in [0.1, 0.15) is 25.1 Å². The molecule has 0 atom stereocenters. The monoisotopic (exact) mass is 315 g/mol. The van der Waals surface area contributed by atoms with Gasteiger partial charge in [-0.3, -0.25) is 4.79 Å². The normalized spacial score (nSPS) is 11.0. The van der Waals surface area contributed by atoms with Crippen molar-refractivity contribution in [3.05, 3.63) is 52.7 Å². The molecular weight excluding hydrogens is 294 g/mol.